The summed E-state index contributed by atoms with van der Waals surface area (Å²) in [6.45, 7) is 6.04. The van der Waals surface area contributed by atoms with Crippen molar-refractivity contribution in [2.24, 2.45) is 17.6 Å². The van der Waals surface area contributed by atoms with Crippen LogP contribution in [-0.4, -0.2) is 29.6 Å². The zero-order valence-electron chi connectivity index (χ0n) is 10.2. The van der Waals surface area contributed by atoms with Gasteiger partial charge in [-0.05, 0) is 11.8 Å². The van der Waals surface area contributed by atoms with Gasteiger partial charge in [-0.25, -0.2) is 0 Å². The average Bonchev–Trinajstić information content (AvgIpc) is 2.22. The summed E-state index contributed by atoms with van der Waals surface area (Å²) in [7, 11) is 0. The maximum absolute atomic E-state index is 11.6. The van der Waals surface area contributed by atoms with Crippen LogP contribution < -0.4 is 11.1 Å². The van der Waals surface area contributed by atoms with Crippen LogP contribution in [0.1, 0.15) is 33.6 Å². The molecule has 0 aromatic heterocycles. The van der Waals surface area contributed by atoms with Gasteiger partial charge in [0, 0.05) is 13.0 Å². The molecule has 0 aliphatic carbocycles. The lowest BCUT2D eigenvalue weighted by Gasteiger charge is -2.19. The molecule has 3 unspecified atom stereocenters. The van der Waals surface area contributed by atoms with Gasteiger partial charge < -0.3 is 16.2 Å². The van der Waals surface area contributed by atoms with Crippen molar-refractivity contribution in [2.45, 2.75) is 39.7 Å². The van der Waals surface area contributed by atoms with E-state index >= 15 is 0 Å². The first-order chi connectivity index (χ1) is 7.38. The largest absolute Gasteiger partial charge is 0.481 e. The third-order valence-corrected chi connectivity index (χ3v) is 2.71. The molecule has 0 aliphatic heterocycles. The van der Waals surface area contributed by atoms with Crippen LogP contribution in [0.3, 0.4) is 0 Å². The topological polar surface area (TPSA) is 92.4 Å². The van der Waals surface area contributed by atoms with Crippen molar-refractivity contribution >= 4 is 11.9 Å². The fourth-order valence-corrected chi connectivity index (χ4v) is 1.28. The van der Waals surface area contributed by atoms with Gasteiger partial charge in [0.2, 0.25) is 5.91 Å². The second kappa shape index (κ2) is 7.22. The molecule has 5 nitrogen and oxygen atoms in total. The number of carboxylic acid groups (broad SMARTS) is 1. The van der Waals surface area contributed by atoms with E-state index in [2.05, 4.69) is 5.32 Å². The summed E-state index contributed by atoms with van der Waals surface area (Å²) < 4.78 is 0. The third kappa shape index (κ3) is 5.70. The van der Waals surface area contributed by atoms with Crippen molar-refractivity contribution in [3.63, 3.8) is 0 Å². The standard InChI is InChI=1S/C11H22N2O3/c1-4-8(3)10(12)11(16)13-6-7(2)5-9(14)15/h7-8,10H,4-6,12H2,1-3H3,(H,13,16)(H,14,15). The highest BCUT2D eigenvalue weighted by Gasteiger charge is 2.19. The normalized spacial score (nSPS) is 16.2. The van der Waals surface area contributed by atoms with Gasteiger partial charge in [0.1, 0.15) is 0 Å². The highest BCUT2D eigenvalue weighted by molar-refractivity contribution is 5.81. The van der Waals surface area contributed by atoms with E-state index in [0.717, 1.165) is 6.42 Å². The van der Waals surface area contributed by atoms with E-state index in [9.17, 15) is 9.59 Å². The molecule has 1 amide bonds. The highest BCUT2D eigenvalue weighted by atomic mass is 16.4. The van der Waals surface area contributed by atoms with Crippen LogP contribution in [0.2, 0.25) is 0 Å². The molecule has 4 N–H and O–H groups in total. The summed E-state index contributed by atoms with van der Waals surface area (Å²) in [6, 6.07) is -0.512. The average molecular weight is 230 g/mol. The number of nitrogens with two attached hydrogens (primary N) is 1. The third-order valence-electron chi connectivity index (χ3n) is 2.71. The molecule has 0 aliphatic rings. The molecule has 0 bridgehead atoms. The monoisotopic (exact) mass is 230 g/mol. The van der Waals surface area contributed by atoms with Gasteiger partial charge in [-0.2, -0.15) is 0 Å². The smallest absolute Gasteiger partial charge is 0.303 e. The molecule has 0 aromatic rings. The first kappa shape index (κ1) is 14.9. The van der Waals surface area contributed by atoms with E-state index in [4.69, 9.17) is 10.8 Å². The van der Waals surface area contributed by atoms with Gasteiger partial charge in [0.15, 0.2) is 0 Å². The maximum atomic E-state index is 11.6. The molecule has 0 aromatic carbocycles. The van der Waals surface area contributed by atoms with Crippen molar-refractivity contribution in [3.05, 3.63) is 0 Å². The van der Waals surface area contributed by atoms with E-state index < -0.39 is 12.0 Å². The number of aliphatic carboxylic acids is 1. The molecule has 0 saturated carbocycles. The SMILES string of the molecule is CCC(C)C(N)C(=O)NCC(C)CC(=O)O. The molecular weight excluding hydrogens is 208 g/mol. The lowest BCUT2D eigenvalue weighted by Crippen LogP contribution is -2.45. The van der Waals surface area contributed by atoms with Crippen molar-refractivity contribution in [3.8, 4) is 0 Å². The minimum absolute atomic E-state index is 0.0544. The van der Waals surface area contributed by atoms with Crippen LogP contribution in [0.5, 0.6) is 0 Å². The summed E-state index contributed by atoms with van der Waals surface area (Å²) >= 11 is 0. The van der Waals surface area contributed by atoms with Gasteiger partial charge in [-0.1, -0.05) is 27.2 Å². The molecule has 0 radical (unpaired) electrons. The first-order valence-electron chi connectivity index (χ1n) is 5.63. The molecule has 16 heavy (non-hydrogen) atoms. The van der Waals surface area contributed by atoms with E-state index in [-0.39, 0.29) is 24.2 Å². The van der Waals surface area contributed by atoms with Crippen molar-refractivity contribution in [1.29, 1.82) is 0 Å². The Morgan fingerprint density at radius 1 is 1.38 bits per heavy atom. The fraction of sp³-hybridized carbons (Fsp3) is 0.818. The molecule has 0 heterocycles. The summed E-state index contributed by atoms with van der Waals surface area (Å²) in [6.07, 6.45) is 0.901. The molecule has 3 atom stereocenters. The van der Waals surface area contributed by atoms with Gasteiger partial charge in [0.25, 0.3) is 0 Å². The number of carboxylic acids is 1. The van der Waals surface area contributed by atoms with Crippen molar-refractivity contribution in [1.82, 2.24) is 5.32 Å². The summed E-state index contributed by atoms with van der Waals surface area (Å²) in [5.74, 6) is -1.00. The van der Waals surface area contributed by atoms with Crippen LogP contribution in [-0.2, 0) is 9.59 Å². The Hall–Kier alpha value is -1.10. The predicted octanol–water partition coefficient (Wildman–Crippen LogP) is 0.587. The fourth-order valence-electron chi connectivity index (χ4n) is 1.28. The zero-order valence-corrected chi connectivity index (χ0v) is 10.2. The molecule has 0 fully saturated rings. The van der Waals surface area contributed by atoms with Crippen LogP contribution in [0.4, 0.5) is 0 Å². The Kier molecular flexibility index (Phi) is 6.72. The van der Waals surface area contributed by atoms with Crippen molar-refractivity contribution in [2.75, 3.05) is 6.54 Å². The lowest BCUT2D eigenvalue weighted by atomic mass is 9.99. The Bertz CT molecular complexity index is 243. The molecule has 0 spiro atoms. The summed E-state index contributed by atoms with van der Waals surface area (Å²) in [5.41, 5.74) is 5.73. The Morgan fingerprint density at radius 2 is 1.94 bits per heavy atom. The number of hydrogen-bond acceptors (Lipinski definition) is 3. The zero-order chi connectivity index (χ0) is 12.7. The number of rotatable bonds is 7. The van der Waals surface area contributed by atoms with Gasteiger partial charge in [-0.3, -0.25) is 9.59 Å². The quantitative estimate of drug-likeness (QED) is 0.596. The minimum atomic E-state index is -0.854. The van der Waals surface area contributed by atoms with Gasteiger partial charge >= 0.3 is 5.97 Å². The van der Waals surface area contributed by atoms with E-state index in [1.807, 2.05) is 13.8 Å². The molecule has 94 valence electrons. The van der Waals surface area contributed by atoms with Gasteiger partial charge in [0.05, 0.1) is 6.04 Å². The van der Waals surface area contributed by atoms with E-state index in [1.165, 1.54) is 0 Å². The second-order valence-corrected chi connectivity index (χ2v) is 4.36. The summed E-state index contributed by atoms with van der Waals surface area (Å²) in [4.78, 5) is 22.0. The van der Waals surface area contributed by atoms with Crippen LogP contribution in [0, 0.1) is 11.8 Å². The van der Waals surface area contributed by atoms with Crippen molar-refractivity contribution < 1.29 is 14.7 Å². The Balaban J connectivity index is 3.92. The molecule has 0 saturated heterocycles. The second-order valence-electron chi connectivity index (χ2n) is 4.36. The van der Waals surface area contributed by atoms with Crippen LogP contribution >= 0.6 is 0 Å². The maximum Gasteiger partial charge on any atom is 0.303 e. The first-order valence-corrected chi connectivity index (χ1v) is 5.63. The molecule has 5 heteroatoms. The number of nitrogens with one attached hydrogen (secondary N) is 1. The number of carbonyl (C=O) groups is 2. The minimum Gasteiger partial charge on any atom is -0.481 e. The highest BCUT2D eigenvalue weighted by Crippen LogP contribution is 2.06. The van der Waals surface area contributed by atoms with Gasteiger partial charge in [-0.15, -0.1) is 0 Å². The van der Waals surface area contributed by atoms with E-state index in [0.29, 0.717) is 6.54 Å². The number of hydrogen-bond donors (Lipinski definition) is 3. The lowest BCUT2D eigenvalue weighted by molar-refractivity contribution is -0.138. The van der Waals surface area contributed by atoms with Crippen LogP contribution in [0.15, 0.2) is 0 Å². The molecular formula is C11H22N2O3. The number of amides is 1. The summed E-state index contributed by atoms with van der Waals surface area (Å²) in [5, 5.41) is 11.2. The van der Waals surface area contributed by atoms with E-state index in [1.54, 1.807) is 6.92 Å². The number of carbonyl (C=O) groups excluding carboxylic acids is 1. The molecule has 0 rings (SSSR count). The Labute approximate surface area is 96.4 Å². The van der Waals surface area contributed by atoms with Crippen LogP contribution in [0.25, 0.3) is 0 Å². The Morgan fingerprint density at radius 3 is 2.38 bits per heavy atom. The predicted molar refractivity (Wildman–Crippen MR) is 61.9 cm³/mol.